The summed E-state index contributed by atoms with van der Waals surface area (Å²) in [4.78, 5) is 4.37. The van der Waals surface area contributed by atoms with Gasteiger partial charge in [0.25, 0.3) is 0 Å². The molecule has 0 bridgehead atoms. The predicted molar refractivity (Wildman–Crippen MR) is 92.0 cm³/mol. The Hall–Kier alpha value is -2.41. The lowest BCUT2D eigenvalue weighted by molar-refractivity contribution is 0.660. The highest BCUT2D eigenvalue weighted by Crippen LogP contribution is 2.49. The van der Waals surface area contributed by atoms with Crippen molar-refractivity contribution in [1.29, 1.82) is 0 Å². The zero-order chi connectivity index (χ0) is 17.8. The Morgan fingerprint density at radius 2 is 1.68 bits per heavy atom. The minimum atomic E-state index is -2.19. The normalized spacial score (nSPS) is 17.1. The summed E-state index contributed by atoms with van der Waals surface area (Å²) >= 11 is 0. The summed E-state index contributed by atoms with van der Waals surface area (Å²) in [5.41, 5.74) is 6.80. The van der Waals surface area contributed by atoms with E-state index in [2.05, 4.69) is 55.2 Å². The van der Waals surface area contributed by atoms with Gasteiger partial charge in [-0.25, -0.2) is 0 Å². The molecule has 3 aromatic rings. The molecule has 0 unspecified atom stereocenters. The van der Waals surface area contributed by atoms with Crippen LogP contribution in [0.2, 0.25) is 0 Å². The standard InChI is InChI=1S/C21H19N/c1-14-7-6-10-20(22-14)15-11-12-17-16-8-4-5-9-18(16)21(2,3)19(17)13-15/h4-13H,1-3H3/i1D3. The lowest BCUT2D eigenvalue weighted by atomic mass is 9.82. The Labute approximate surface area is 135 Å². The molecule has 0 radical (unpaired) electrons. The zero-order valence-electron chi connectivity index (χ0n) is 15.7. The van der Waals surface area contributed by atoms with Gasteiger partial charge in [-0.1, -0.05) is 56.3 Å². The van der Waals surface area contributed by atoms with Crippen LogP contribution in [0.1, 0.15) is 34.8 Å². The lowest BCUT2D eigenvalue weighted by Gasteiger charge is -2.21. The molecule has 1 aromatic heterocycles. The van der Waals surface area contributed by atoms with Crippen molar-refractivity contribution < 1.29 is 4.11 Å². The molecule has 22 heavy (non-hydrogen) atoms. The maximum absolute atomic E-state index is 7.58. The second-order valence-corrected chi connectivity index (χ2v) is 6.34. The molecule has 0 saturated carbocycles. The van der Waals surface area contributed by atoms with Crippen LogP contribution in [0.3, 0.4) is 0 Å². The van der Waals surface area contributed by atoms with Gasteiger partial charge in [0.15, 0.2) is 0 Å². The van der Waals surface area contributed by atoms with E-state index >= 15 is 0 Å². The summed E-state index contributed by atoms with van der Waals surface area (Å²) in [6, 6.07) is 20.0. The lowest BCUT2D eigenvalue weighted by Crippen LogP contribution is -2.14. The number of benzene rings is 2. The maximum Gasteiger partial charge on any atom is 0.0705 e. The summed E-state index contributed by atoms with van der Waals surface area (Å²) in [6.45, 7) is 2.27. The molecule has 1 aliphatic rings. The molecule has 1 nitrogen and oxygen atoms in total. The first kappa shape index (κ1) is 10.3. The van der Waals surface area contributed by atoms with Crippen LogP contribution in [0.15, 0.2) is 60.7 Å². The molecular formula is C21H19N. The van der Waals surface area contributed by atoms with Crippen LogP contribution in [0.4, 0.5) is 0 Å². The van der Waals surface area contributed by atoms with Crippen LogP contribution in [-0.4, -0.2) is 4.98 Å². The maximum atomic E-state index is 7.58. The minimum Gasteiger partial charge on any atom is -0.253 e. The highest BCUT2D eigenvalue weighted by molar-refractivity contribution is 5.83. The van der Waals surface area contributed by atoms with Crippen molar-refractivity contribution in [2.45, 2.75) is 26.1 Å². The first-order valence-electron chi connectivity index (χ1n) is 9.01. The second kappa shape index (κ2) is 4.54. The molecule has 1 heteroatoms. The van der Waals surface area contributed by atoms with Crippen molar-refractivity contribution in [2.75, 3.05) is 0 Å². The first-order chi connectivity index (χ1) is 11.8. The Morgan fingerprint density at radius 3 is 2.55 bits per heavy atom. The van der Waals surface area contributed by atoms with Crippen LogP contribution in [0.25, 0.3) is 22.4 Å². The van der Waals surface area contributed by atoms with E-state index in [0.717, 1.165) is 5.56 Å². The third kappa shape index (κ3) is 1.82. The minimum absolute atomic E-state index is 0.0798. The molecule has 0 fully saturated rings. The summed E-state index contributed by atoms with van der Waals surface area (Å²) in [7, 11) is 0. The van der Waals surface area contributed by atoms with Gasteiger partial charge in [-0.05, 0) is 47.3 Å². The van der Waals surface area contributed by atoms with Gasteiger partial charge >= 0.3 is 0 Å². The molecular weight excluding hydrogens is 266 g/mol. The molecule has 108 valence electrons. The second-order valence-electron chi connectivity index (χ2n) is 6.34. The topological polar surface area (TPSA) is 12.9 Å². The number of pyridine rings is 1. The smallest absolute Gasteiger partial charge is 0.0705 e. The summed E-state index contributed by atoms with van der Waals surface area (Å²) in [6.07, 6.45) is 0. The van der Waals surface area contributed by atoms with E-state index in [1.165, 1.54) is 22.3 Å². The van der Waals surface area contributed by atoms with E-state index in [9.17, 15) is 0 Å². The van der Waals surface area contributed by atoms with E-state index in [4.69, 9.17) is 4.11 Å². The Morgan fingerprint density at radius 1 is 0.864 bits per heavy atom. The van der Waals surface area contributed by atoms with E-state index in [-0.39, 0.29) is 11.1 Å². The number of nitrogens with zero attached hydrogens (tertiary/aromatic N) is 1. The quantitative estimate of drug-likeness (QED) is 0.587. The number of rotatable bonds is 1. The predicted octanol–water partition coefficient (Wildman–Crippen LogP) is 5.36. The fourth-order valence-corrected chi connectivity index (χ4v) is 3.46. The van der Waals surface area contributed by atoms with Gasteiger partial charge in [-0.15, -0.1) is 0 Å². The largest absolute Gasteiger partial charge is 0.253 e. The monoisotopic (exact) mass is 288 g/mol. The summed E-state index contributed by atoms with van der Waals surface area (Å²) < 4.78 is 22.7. The van der Waals surface area contributed by atoms with E-state index in [1.54, 1.807) is 12.1 Å². The molecule has 0 amide bonds. The van der Waals surface area contributed by atoms with Gasteiger partial charge in [0.2, 0.25) is 0 Å². The van der Waals surface area contributed by atoms with Crippen LogP contribution < -0.4 is 0 Å². The van der Waals surface area contributed by atoms with Crippen molar-refractivity contribution in [2.24, 2.45) is 0 Å². The molecule has 1 heterocycles. The first-order valence-corrected chi connectivity index (χ1v) is 7.51. The SMILES string of the molecule is [2H]C([2H])([2H])c1cccc(-c2ccc3c(c2)C(C)(C)c2ccccc2-3)n1. The molecule has 0 atom stereocenters. The molecule has 4 rings (SSSR count). The van der Waals surface area contributed by atoms with Gasteiger partial charge < -0.3 is 0 Å². The average Bonchev–Trinajstić information content (AvgIpc) is 2.82. The van der Waals surface area contributed by atoms with E-state index < -0.39 is 6.85 Å². The van der Waals surface area contributed by atoms with Crippen LogP contribution in [-0.2, 0) is 5.41 Å². The zero-order valence-corrected chi connectivity index (χ0v) is 12.7. The molecule has 1 aliphatic carbocycles. The number of hydrogen-bond donors (Lipinski definition) is 0. The Balaban J connectivity index is 1.86. The molecule has 2 aromatic carbocycles. The van der Waals surface area contributed by atoms with Crippen molar-refractivity contribution in [3.8, 4) is 22.4 Å². The number of aryl methyl sites for hydroxylation is 1. The summed E-state index contributed by atoms with van der Waals surface area (Å²) in [5, 5.41) is 0. The highest BCUT2D eigenvalue weighted by atomic mass is 14.7. The average molecular weight is 288 g/mol. The fraction of sp³-hybridized carbons (Fsp3) is 0.190. The molecule has 0 aliphatic heterocycles. The van der Waals surface area contributed by atoms with Crippen LogP contribution in [0.5, 0.6) is 0 Å². The fourth-order valence-electron chi connectivity index (χ4n) is 3.46. The van der Waals surface area contributed by atoms with Gasteiger partial charge in [-0.3, -0.25) is 4.98 Å². The third-order valence-corrected chi connectivity index (χ3v) is 4.63. The molecule has 0 N–H and O–H groups in total. The van der Waals surface area contributed by atoms with Crippen molar-refractivity contribution >= 4 is 0 Å². The van der Waals surface area contributed by atoms with Crippen molar-refractivity contribution in [3.63, 3.8) is 0 Å². The van der Waals surface area contributed by atoms with Crippen LogP contribution in [0, 0.1) is 6.85 Å². The van der Waals surface area contributed by atoms with Crippen LogP contribution >= 0.6 is 0 Å². The number of aromatic nitrogens is 1. The van der Waals surface area contributed by atoms with Gasteiger partial charge in [0, 0.05) is 20.8 Å². The Kier molecular flexibility index (Phi) is 2.13. The van der Waals surface area contributed by atoms with Crippen molar-refractivity contribution in [3.05, 3.63) is 77.5 Å². The molecule has 0 spiro atoms. The number of fused-ring (bicyclic) bond motifs is 3. The van der Waals surface area contributed by atoms with Gasteiger partial charge in [0.1, 0.15) is 0 Å². The van der Waals surface area contributed by atoms with E-state index in [0.29, 0.717) is 5.69 Å². The van der Waals surface area contributed by atoms with E-state index in [1.807, 2.05) is 12.1 Å². The van der Waals surface area contributed by atoms with Gasteiger partial charge in [-0.2, -0.15) is 0 Å². The Bertz CT molecular complexity index is 971. The highest BCUT2D eigenvalue weighted by Gasteiger charge is 2.35. The molecule has 0 saturated heterocycles. The van der Waals surface area contributed by atoms with Gasteiger partial charge in [0.05, 0.1) is 5.69 Å². The number of hydrogen-bond acceptors (Lipinski definition) is 1. The summed E-state index contributed by atoms with van der Waals surface area (Å²) in [5.74, 6) is 0. The third-order valence-electron chi connectivity index (χ3n) is 4.63. The van der Waals surface area contributed by atoms with Crippen molar-refractivity contribution in [1.82, 2.24) is 4.98 Å².